The number of hydrogen-bond donors (Lipinski definition) is 2. The largest absolute Gasteiger partial charge is 0.507 e. The smallest absolute Gasteiger partial charge is 0.162 e. The first-order chi connectivity index (χ1) is 14.5. The van der Waals surface area contributed by atoms with Crippen LogP contribution < -0.4 is 5.32 Å². The summed E-state index contributed by atoms with van der Waals surface area (Å²) in [6.07, 6.45) is 4.61. The highest BCUT2D eigenvalue weighted by Gasteiger charge is 2.50. The van der Waals surface area contributed by atoms with Gasteiger partial charge in [-0.1, -0.05) is 0 Å². The second kappa shape index (κ2) is 6.46. The minimum Gasteiger partial charge on any atom is -0.507 e. The molecule has 0 bridgehead atoms. The summed E-state index contributed by atoms with van der Waals surface area (Å²) < 4.78 is 18.3. The van der Waals surface area contributed by atoms with Gasteiger partial charge in [-0.05, 0) is 57.4 Å². The Hall–Kier alpha value is -2.58. The lowest BCUT2D eigenvalue weighted by Crippen LogP contribution is -2.63. The number of thiazole rings is 1. The first kappa shape index (κ1) is 18.2. The number of aryl methyl sites for hydroxylation is 1. The summed E-state index contributed by atoms with van der Waals surface area (Å²) >= 11 is 1.55. The lowest BCUT2D eigenvalue weighted by atomic mass is 9.69. The maximum absolute atomic E-state index is 15.4. The molecule has 0 radical (unpaired) electrons. The highest BCUT2D eigenvalue weighted by Crippen LogP contribution is 2.45. The van der Waals surface area contributed by atoms with Gasteiger partial charge in [0.1, 0.15) is 11.9 Å². The summed E-state index contributed by atoms with van der Waals surface area (Å²) in [5, 5.41) is 24.6. The van der Waals surface area contributed by atoms with Gasteiger partial charge < -0.3 is 15.0 Å². The number of nitrogens with one attached hydrogen (secondary N) is 1. The number of fused-ring (bicyclic) bond motifs is 2. The Kier molecular flexibility index (Phi) is 3.92. The van der Waals surface area contributed by atoms with E-state index in [4.69, 9.17) is 0 Å². The molecule has 2 aliphatic rings. The number of phenolic OH excluding ortho intramolecular Hbond substituents is 1. The first-order valence-corrected chi connectivity index (χ1v) is 11.2. The number of nitrogens with zero attached hydrogens (tertiary/aromatic N) is 4. The van der Waals surface area contributed by atoms with Gasteiger partial charge in [0.05, 0.1) is 32.5 Å². The molecule has 0 unspecified atom stereocenters. The number of aromatic hydroxyl groups is 1. The molecule has 1 aliphatic carbocycles. The number of alkyl halides is 1. The van der Waals surface area contributed by atoms with Crippen LogP contribution in [0.1, 0.15) is 36.7 Å². The molecular weight excluding hydrogens is 401 g/mol. The monoisotopic (exact) mass is 423 g/mol. The minimum absolute atomic E-state index is 0.160. The molecule has 1 aromatic carbocycles. The molecule has 1 aliphatic heterocycles. The summed E-state index contributed by atoms with van der Waals surface area (Å²) in [7, 11) is 0. The zero-order valence-corrected chi connectivity index (χ0v) is 17.4. The molecule has 2 fully saturated rings. The second-order valence-electron chi connectivity index (χ2n) is 8.50. The van der Waals surface area contributed by atoms with Crippen LogP contribution in [0.15, 0.2) is 30.5 Å². The predicted molar refractivity (Wildman–Crippen MR) is 116 cm³/mol. The topological polar surface area (TPSA) is 75.9 Å². The quantitative estimate of drug-likeness (QED) is 0.496. The number of aromatic nitrogens is 4. The van der Waals surface area contributed by atoms with Crippen molar-refractivity contribution in [2.75, 3.05) is 6.54 Å². The SMILES string of the molecule is Cc1nc2cc(-c3cc4ccn([C@@H]5CCNC6(CCC6)[C@@H]5F)c4nn3)c(O)cc2s1. The van der Waals surface area contributed by atoms with Crippen molar-refractivity contribution < 1.29 is 9.50 Å². The molecule has 4 heterocycles. The van der Waals surface area contributed by atoms with E-state index >= 15 is 4.39 Å². The molecular formula is C22H22FN5OS. The Morgan fingerprint density at radius 1 is 1.27 bits per heavy atom. The highest BCUT2D eigenvalue weighted by atomic mass is 32.1. The number of rotatable bonds is 2. The van der Waals surface area contributed by atoms with Crippen LogP contribution in [0.2, 0.25) is 0 Å². The fraction of sp³-hybridized carbons (Fsp3) is 0.409. The summed E-state index contributed by atoms with van der Waals surface area (Å²) in [6.45, 7) is 2.76. The van der Waals surface area contributed by atoms with Crippen molar-refractivity contribution in [1.29, 1.82) is 0 Å². The third-order valence-corrected chi connectivity index (χ3v) is 7.67. The summed E-state index contributed by atoms with van der Waals surface area (Å²) in [6, 6.07) is 7.22. The Bertz CT molecular complexity index is 1280. The van der Waals surface area contributed by atoms with Crippen molar-refractivity contribution in [3.8, 4) is 17.0 Å². The van der Waals surface area contributed by atoms with E-state index in [0.717, 1.165) is 52.8 Å². The van der Waals surface area contributed by atoms with Gasteiger partial charge in [-0.2, -0.15) is 0 Å². The second-order valence-corrected chi connectivity index (χ2v) is 9.73. The Morgan fingerprint density at radius 2 is 2.13 bits per heavy atom. The van der Waals surface area contributed by atoms with E-state index in [9.17, 15) is 5.11 Å². The molecule has 4 aromatic rings. The fourth-order valence-electron chi connectivity index (χ4n) is 5.01. The maximum atomic E-state index is 15.4. The molecule has 8 heteroatoms. The van der Waals surface area contributed by atoms with Crippen molar-refractivity contribution in [2.45, 2.75) is 50.4 Å². The molecule has 6 rings (SSSR count). The zero-order chi connectivity index (χ0) is 20.5. The number of piperidine rings is 1. The lowest BCUT2D eigenvalue weighted by molar-refractivity contribution is 0.00656. The highest BCUT2D eigenvalue weighted by molar-refractivity contribution is 7.18. The van der Waals surface area contributed by atoms with Crippen molar-refractivity contribution in [3.63, 3.8) is 0 Å². The molecule has 2 atom stereocenters. The van der Waals surface area contributed by atoms with Crippen LogP contribution in [-0.2, 0) is 0 Å². The predicted octanol–water partition coefficient (Wildman–Crippen LogP) is 4.52. The molecule has 2 N–H and O–H groups in total. The van der Waals surface area contributed by atoms with Crippen molar-refractivity contribution >= 4 is 32.6 Å². The number of benzene rings is 1. The summed E-state index contributed by atoms with van der Waals surface area (Å²) in [4.78, 5) is 4.51. The van der Waals surface area contributed by atoms with Crippen LogP contribution in [0.25, 0.3) is 32.5 Å². The molecule has 3 aromatic heterocycles. The molecule has 6 nitrogen and oxygen atoms in total. The lowest BCUT2D eigenvalue weighted by Gasteiger charge is -2.51. The van der Waals surface area contributed by atoms with E-state index in [2.05, 4.69) is 20.5 Å². The van der Waals surface area contributed by atoms with Crippen LogP contribution in [0, 0.1) is 6.92 Å². The number of hydrogen-bond acceptors (Lipinski definition) is 6. The number of phenols is 1. The standard InChI is InChI=1S/C22H22FN5OS/c1-12-25-16-10-14(18(29)11-19(16)30-12)15-9-13-4-8-28(21(13)27-26-15)17-3-7-24-22(20(17)23)5-2-6-22/h4,8-11,17,20,24,29H,2-3,5-7H2,1H3/t17-,20-/m1/s1. The Labute approximate surface area is 176 Å². The molecule has 1 spiro atoms. The van der Waals surface area contributed by atoms with Gasteiger partial charge in [0.15, 0.2) is 5.65 Å². The van der Waals surface area contributed by atoms with E-state index < -0.39 is 6.17 Å². The normalized spacial score (nSPS) is 23.3. The van der Waals surface area contributed by atoms with E-state index in [0.29, 0.717) is 16.9 Å². The van der Waals surface area contributed by atoms with Crippen LogP contribution in [-0.4, -0.2) is 43.1 Å². The average Bonchev–Trinajstić information content (AvgIpc) is 3.28. The van der Waals surface area contributed by atoms with Gasteiger partial charge >= 0.3 is 0 Å². The third kappa shape index (κ3) is 2.60. The third-order valence-electron chi connectivity index (χ3n) is 6.74. The Morgan fingerprint density at radius 3 is 2.93 bits per heavy atom. The van der Waals surface area contributed by atoms with Gasteiger partial charge in [-0.3, -0.25) is 0 Å². The van der Waals surface area contributed by atoms with Crippen LogP contribution in [0.3, 0.4) is 0 Å². The van der Waals surface area contributed by atoms with Gasteiger partial charge in [0.25, 0.3) is 0 Å². The maximum Gasteiger partial charge on any atom is 0.162 e. The average molecular weight is 424 g/mol. The van der Waals surface area contributed by atoms with E-state index in [-0.39, 0.29) is 17.3 Å². The van der Waals surface area contributed by atoms with Crippen molar-refractivity contribution in [3.05, 3.63) is 35.5 Å². The van der Waals surface area contributed by atoms with Crippen LogP contribution in [0.4, 0.5) is 4.39 Å². The molecule has 1 saturated carbocycles. The van der Waals surface area contributed by atoms with Crippen molar-refractivity contribution in [1.82, 2.24) is 25.1 Å². The molecule has 154 valence electrons. The van der Waals surface area contributed by atoms with Crippen LogP contribution >= 0.6 is 11.3 Å². The molecule has 1 saturated heterocycles. The Balaban J connectivity index is 1.40. The summed E-state index contributed by atoms with van der Waals surface area (Å²) in [5.74, 6) is 0.160. The first-order valence-electron chi connectivity index (χ1n) is 10.4. The van der Waals surface area contributed by atoms with Crippen LogP contribution in [0.5, 0.6) is 5.75 Å². The zero-order valence-electron chi connectivity index (χ0n) is 16.6. The van der Waals surface area contributed by atoms with Gasteiger partial charge in [-0.25, -0.2) is 9.37 Å². The molecule has 30 heavy (non-hydrogen) atoms. The minimum atomic E-state index is -0.934. The molecule has 0 amide bonds. The van der Waals surface area contributed by atoms with E-state index in [1.807, 2.05) is 35.9 Å². The van der Waals surface area contributed by atoms with E-state index in [1.165, 1.54) is 0 Å². The van der Waals surface area contributed by atoms with Gasteiger partial charge in [0.2, 0.25) is 0 Å². The van der Waals surface area contributed by atoms with E-state index in [1.54, 1.807) is 17.4 Å². The van der Waals surface area contributed by atoms with Crippen molar-refractivity contribution in [2.24, 2.45) is 0 Å². The van der Waals surface area contributed by atoms with Gasteiger partial charge in [0, 0.05) is 23.2 Å². The fourth-order valence-corrected chi connectivity index (χ4v) is 5.85. The number of halogens is 1. The summed E-state index contributed by atoms with van der Waals surface area (Å²) in [5.41, 5.74) is 2.36. The van der Waals surface area contributed by atoms with Gasteiger partial charge in [-0.15, -0.1) is 21.5 Å².